The number of aromatic nitrogens is 1. The number of hydrogen-bond acceptors (Lipinski definition) is 4. The van der Waals surface area contributed by atoms with Gasteiger partial charge in [-0.3, -0.25) is 9.59 Å². The van der Waals surface area contributed by atoms with E-state index in [0.29, 0.717) is 17.9 Å². The van der Waals surface area contributed by atoms with Gasteiger partial charge in [0, 0.05) is 24.5 Å². The van der Waals surface area contributed by atoms with Crippen LogP contribution in [-0.2, 0) is 11.3 Å². The molecule has 1 amide bonds. The molecule has 0 aliphatic rings. The lowest BCUT2D eigenvalue weighted by Gasteiger charge is -2.07. The first-order chi connectivity index (χ1) is 8.66. The SMILES string of the molecule is Nc1ccccc1NC(=O)CCn1ccsc1=O. The van der Waals surface area contributed by atoms with E-state index in [2.05, 4.69) is 5.32 Å². The molecule has 6 heteroatoms. The number of amides is 1. The van der Waals surface area contributed by atoms with E-state index in [9.17, 15) is 9.59 Å². The van der Waals surface area contributed by atoms with Gasteiger partial charge in [-0.25, -0.2) is 0 Å². The van der Waals surface area contributed by atoms with Crippen molar-refractivity contribution in [3.8, 4) is 0 Å². The summed E-state index contributed by atoms with van der Waals surface area (Å²) < 4.78 is 1.51. The van der Waals surface area contributed by atoms with Crippen LogP contribution in [0.15, 0.2) is 40.6 Å². The molecule has 3 N–H and O–H groups in total. The summed E-state index contributed by atoms with van der Waals surface area (Å²) in [5.41, 5.74) is 6.84. The molecule has 0 atom stereocenters. The Morgan fingerprint density at radius 3 is 2.83 bits per heavy atom. The Balaban J connectivity index is 1.92. The molecular weight excluding hydrogens is 250 g/mol. The summed E-state index contributed by atoms with van der Waals surface area (Å²) in [5.74, 6) is -0.161. The van der Waals surface area contributed by atoms with Gasteiger partial charge in [0.05, 0.1) is 11.4 Å². The predicted molar refractivity (Wildman–Crippen MR) is 72.7 cm³/mol. The maximum atomic E-state index is 11.7. The molecule has 18 heavy (non-hydrogen) atoms. The van der Waals surface area contributed by atoms with Gasteiger partial charge >= 0.3 is 4.87 Å². The first kappa shape index (κ1) is 12.4. The number of aryl methyl sites for hydroxylation is 1. The molecule has 94 valence electrons. The van der Waals surface area contributed by atoms with Crippen LogP contribution in [0.25, 0.3) is 0 Å². The second-order valence-electron chi connectivity index (χ2n) is 3.75. The summed E-state index contributed by atoms with van der Waals surface area (Å²) in [6.45, 7) is 0.376. The van der Waals surface area contributed by atoms with Crippen molar-refractivity contribution in [1.29, 1.82) is 0 Å². The molecule has 0 unspecified atom stereocenters. The number of thiazole rings is 1. The zero-order chi connectivity index (χ0) is 13.0. The van der Waals surface area contributed by atoms with E-state index >= 15 is 0 Å². The molecule has 1 heterocycles. The minimum Gasteiger partial charge on any atom is -0.397 e. The zero-order valence-electron chi connectivity index (χ0n) is 9.63. The quantitative estimate of drug-likeness (QED) is 0.821. The Morgan fingerprint density at radius 1 is 1.39 bits per heavy atom. The van der Waals surface area contributed by atoms with Crippen molar-refractivity contribution in [2.45, 2.75) is 13.0 Å². The normalized spacial score (nSPS) is 10.2. The largest absolute Gasteiger partial charge is 0.397 e. The molecule has 0 spiro atoms. The molecule has 0 aliphatic heterocycles. The minimum absolute atomic E-state index is 0.0537. The van der Waals surface area contributed by atoms with Crippen LogP contribution in [0, 0.1) is 0 Å². The van der Waals surface area contributed by atoms with E-state index in [1.807, 2.05) is 0 Å². The molecule has 2 aromatic rings. The van der Waals surface area contributed by atoms with Gasteiger partial charge in [0.1, 0.15) is 0 Å². The first-order valence-electron chi connectivity index (χ1n) is 5.45. The van der Waals surface area contributed by atoms with Crippen molar-refractivity contribution >= 4 is 28.6 Å². The molecule has 5 nitrogen and oxygen atoms in total. The molecule has 0 saturated carbocycles. The van der Waals surface area contributed by atoms with Gasteiger partial charge in [0.25, 0.3) is 0 Å². The van der Waals surface area contributed by atoms with E-state index < -0.39 is 0 Å². The Bertz CT molecular complexity index is 603. The topological polar surface area (TPSA) is 77.1 Å². The third-order valence-electron chi connectivity index (χ3n) is 2.46. The van der Waals surface area contributed by atoms with Gasteiger partial charge in [-0.1, -0.05) is 23.5 Å². The van der Waals surface area contributed by atoms with Crippen molar-refractivity contribution in [1.82, 2.24) is 4.57 Å². The van der Waals surface area contributed by atoms with Gasteiger partial charge in [-0.05, 0) is 12.1 Å². The fraction of sp³-hybridized carbons (Fsp3) is 0.167. The van der Waals surface area contributed by atoms with Crippen molar-refractivity contribution in [2.24, 2.45) is 0 Å². The number of para-hydroxylation sites is 2. The molecule has 2 rings (SSSR count). The van der Waals surface area contributed by atoms with Crippen molar-refractivity contribution in [3.05, 3.63) is 45.5 Å². The summed E-state index contributed by atoms with van der Waals surface area (Å²) in [6, 6.07) is 7.06. The summed E-state index contributed by atoms with van der Waals surface area (Å²) in [5, 5.41) is 4.42. The third-order valence-corrected chi connectivity index (χ3v) is 3.15. The summed E-state index contributed by atoms with van der Waals surface area (Å²) >= 11 is 1.12. The molecule has 0 fully saturated rings. The Labute approximate surface area is 108 Å². The highest BCUT2D eigenvalue weighted by Crippen LogP contribution is 2.16. The first-order valence-corrected chi connectivity index (χ1v) is 6.33. The molecule has 1 aromatic carbocycles. The highest BCUT2D eigenvalue weighted by Gasteiger charge is 2.05. The Kier molecular flexibility index (Phi) is 3.78. The lowest BCUT2D eigenvalue weighted by Crippen LogP contribution is -2.19. The van der Waals surface area contributed by atoms with E-state index in [4.69, 9.17) is 5.73 Å². The van der Waals surface area contributed by atoms with Crippen LogP contribution >= 0.6 is 11.3 Å². The Morgan fingerprint density at radius 2 is 2.17 bits per heavy atom. The molecule has 1 aromatic heterocycles. The van der Waals surface area contributed by atoms with E-state index in [-0.39, 0.29) is 17.2 Å². The van der Waals surface area contributed by atoms with Gasteiger partial charge in [-0.15, -0.1) is 0 Å². The van der Waals surface area contributed by atoms with Crippen LogP contribution in [0.3, 0.4) is 0 Å². The van der Waals surface area contributed by atoms with E-state index in [1.54, 1.807) is 35.8 Å². The standard InChI is InChI=1S/C12H13N3O2S/c13-9-3-1-2-4-10(9)14-11(16)5-6-15-7-8-18-12(15)17/h1-4,7-8H,5-6,13H2,(H,14,16). The molecule has 0 radical (unpaired) electrons. The van der Waals surface area contributed by atoms with Gasteiger partial charge in [0.2, 0.25) is 5.91 Å². The third kappa shape index (κ3) is 2.98. The van der Waals surface area contributed by atoms with Crippen LogP contribution in [0.5, 0.6) is 0 Å². The van der Waals surface area contributed by atoms with Crippen LogP contribution in [0.1, 0.15) is 6.42 Å². The fourth-order valence-corrected chi connectivity index (χ4v) is 2.11. The number of nitrogens with one attached hydrogen (secondary N) is 1. The van der Waals surface area contributed by atoms with E-state index in [1.165, 1.54) is 4.57 Å². The summed E-state index contributed by atoms with van der Waals surface area (Å²) in [7, 11) is 0. The number of benzene rings is 1. The molecular formula is C12H13N3O2S. The fourth-order valence-electron chi connectivity index (χ4n) is 1.50. The molecule has 0 bridgehead atoms. The highest BCUT2D eigenvalue weighted by atomic mass is 32.1. The maximum absolute atomic E-state index is 11.7. The van der Waals surface area contributed by atoms with Crippen LogP contribution in [-0.4, -0.2) is 10.5 Å². The number of hydrogen-bond donors (Lipinski definition) is 2. The lowest BCUT2D eigenvalue weighted by molar-refractivity contribution is -0.116. The molecule has 0 saturated heterocycles. The minimum atomic E-state index is -0.161. The molecule has 0 aliphatic carbocycles. The monoisotopic (exact) mass is 263 g/mol. The van der Waals surface area contributed by atoms with Crippen LogP contribution < -0.4 is 15.9 Å². The number of nitrogens with two attached hydrogens (primary N) is 1. The number of anilines is 2. The smallest absolute Gasteiger partial charge is 0.307 e. The lowest BCUT2D eigenvalue weighted by atomic mass is 10.2. The van der Waals surface area contributed by atoms with Crippen LogP contribution in [0.2, 0.25) is 0 Å². The Hall–Kier alpha value is -2.08. The van der Waals surface area contributed by atoms with Crippen molar-refractivity contribution in [3.63, 3.8) is 0 Å². The number of carbonyl (C=O) groups is 1. The summed E-state index contributed by atoms with van der Waals surface area (Å²) in [4.78, 5) is 22.9. The van der Waals surface area contributed by atoms with Crippen molar-refractivity contribution in [2.75, 3.05) is 11.1 Å². The van der Waals surface area contributed by atoms with Crippen molar-refractivity contribution < 1.29 is 4.79 Å². The van der Waals surface area contributed by atoms with E-state index in [0.717, 1.165) is 11.3 Å². The number of nitrogen functional groups attached to an aromatic ring is 1. The average molecular weight is 263 g/mol. The second kappa shape index (κ2) is 5.50. The predicted octanol–water partition coefficient (Wildman–Crippen LogP) is 1.52. The average Bonchev–Trinajstić information content (AvgIpc) is 2.75. The van der Waals surface area contributed by atoms with Gasteiger partial charge in [-0.2, -0.15) is 0 Å². The van der Waals surface area contributed by atoms with Crippen LogP contribution in [0.4, 0.5) is 11.4 Å². The number of carbonyl (C=O) groups excluding carboxylic acids is 1. The maximum Gasteiger partial charge on any atom is 0.307 e. The van der Waals surface area contributed by atoms with Gasteiger partial charge < -0.3 is 15.6 Å². The summed E-state index contributed by atoms with van der Waals surface area (Å²) in [6.07, 6.45) is 1.92. The number of nitrogens with zero attached hydrogens (tertiary/aromatic N) is 1. The number of rotatable bonds is 4. The highest BCUT2D eigenvalue weighted by molar-refractivity contribution is 7.07. The van der Waals surface area contributed by atoms with Gasteiger partial charge in [0.15, 0.2) is 0 Å². The second-order valence-corrected chi connectivity index (χ2v) is 4.60. The zero-order valence-corrected chi connectivity index (χ0v) is 10.4.